The number of benzene rings is 2. The average molecular weight is 479 g/mol. The first-order chi connectivity index (χ1) is 16.4. The first-order valence-electron chi connectivity index (χ1n) is 10.5. The van der Waals surface area contributed by atoms with Crippen LogP contribution in [0.15, 0.2) is 66.0 Å². The third kappa shape index (κ3) is 4.55. The van der Waals surface area contributed by atoms with Crippen molar-refractivity contribution < 1.29 is 28.7 Å². The quantitative estimate of drug-likeness (QED) is 0.381. The van der Waals surface area contributed by atoms with Gasteiger partial charge in [0.05, 0.1) is 38.4 Å². The van der Waals surface area contributed by atoms with Gasteiger partial charge in [0.15, 0.2) is 0 Å². The van der Waals surface area contributed by atoms with Crippen LogP contribution >= 0.6 is 11.3 Å². The molecule has 1 aromatic heterocycles. The van der Waals surface area contributed by atoms with E-state index in [1.165, 1.54) is 54.7 Å². The maximum Gasteiger partial charge on any atom is 0.337 e. The molecule has 2 aromatic carbocycles. The van der Waals surface area contributed by atoms with E-state index in [0.29, 0.717) is 22.6 Å². The lowest BCUT2D eigenvalue weighted by atomic mass is 10.1. The maximum absolute atomic E-state index is 13.5. The van der Waals surface area contributed by atoms with Gasteiger partial charge >= 0.3 is 5.97 Å². The minimum atomic E-state index is -0.964. The van der Waals surface area contributed by atoms with Crippen LogP contribution < -0.4 is 9.64 Å². The number of methoxy groups -OCH3 is 2. The van der Waals surface area contributed by atoms with E-state index >= 15 is 0 Å². The number of imide groups is 1. The van der Waals surface area contributed by atoms with E-state index in [0.717, 1.165) is 9.78 Å². The fraction of sp³-hybridized carbons (Fsp3) is 0.200. The molecule has 1 atom stereocenters. The van der Waals surface area contributed by atoms with Crippen molar-refractivity contribution >= 4 is 40.7 Å². The first kappa shape index (κ1) is 23.2. The summed E-state index contributed by atoms with van der Waals surface area (Å²) in [5.41, 5.74) is 0.988. The van der Waals surface area contributed by atoms with Gasteiger partial charge in [-0.25, -0.2) is 9.69 Å². The lowest BCUT2D eigenvalue weighted by Gasteiger charge is -2.27. The smallest absolute Gasteiger partial charge is 0.337 e. The Morgan fingerprint density at radius 2 is 1.79 bits per heavy atom. The molecule has 1 unspecified atom stereocenters. The second-order valence-corrected chi connectivity index (χ2v) is 8.60. The molecular formula is C25H22N2O6S. The largest absolute Gasteiger partial charge is 0.497 e. The van der Waals surface area contributed by atoms with E-state index in [1.54, 1.807) is 24.3 Å². The van der Waals surface area contributed by atoms with E-state index in [9.17, 15) is 19.2 Å². The normalized spacial score (nSPS) is 15.4. The van der Waals surface area contributed by atoms with Gasteiger partial charge in [-0.05, 0) is 53.9 Å². The van der Waals surface area contributed by atoms with Gasteiger partial charge in [-0.1, -0.05) is 12.1 Å². The molecule has 3 aromatic rings. The number of rotatable bonds is 7. The zero-order chi connectivity index (χ0) is 24.2. The Hall–Kier alpha value is -3.98. The van der Waals surface area contributed by atoms with Gasteiger partial charge in [-0.3, -0.25) is 14.4 Å². The number of thiophene rings is 1. The van der Waals surface area contributed by atoms with E-state index in [2.05, 4.69) is 4.74 Å². The molecule has 3 amide bonds. The SMILES string of the molecule is COC(=O)c1ccc(N2C(=O)CC(N(Cc3cccs3)C(=O)c3cccc(OC)c3)C2=O)cc1. The Labute approximate surface area is 200 Å². The molecular weight excluding hydrogens is 456 g/mol. The Kier molecular flexibility index (Phi) is 6.74. The Balaban J connectivity index is 1.65. The molecule has 0 aliphatic carbocycles. The van der Waals surface area contributed by atoms with Crippen LogP contribution in [0, 0.1) is 0 Å². The number of ether oxygens (including phenoxy) is 2. The average Bonchev–Trinajstić information content (AvgIpc) is 3.49. The number of amides is 3. The van der Waals surface area contributed by atoms with Gasteiger partial charge < -0.3 is 14.4 Å². The van der Waals surface area contributed by atoms with Crippen molar-refractivity contribution in [2.75, 3.05) is 19.1 Å². The van der Waals surface area contributed by atoms with Crippen molar-refractivity contribution in [2.45, 2.75) is 19.0 Å². The van der Waals surface area contributed by atoms with Gasteiger partial charge in [0.1, 0.15) is 11.8 Å². The van der Waals surface area contributed by atoms with Gasteiger partial charge in [-0.2, -0.15) is 0 Å². The fourth-order valence-electron chi connectivity index (χ4n) is 3.81. The molecule has 1 saturated heterocycles. The summed E-state index contributed by atoms with van der Waals surface area (Å²) in [5.74, 6) is -1.29. The Morgan fingerprint density at radius 3 is 2.44 bits per heavy atom. The summed E-state index contributed by atoms with van der Waals surface area (Å²) in [7, 11) is 2.78. The predicted octanol–water partition coefficient (Wildman–Crippen LogP) is 3.52. The van der Waals surface area contributed by atoms with E-state index < -0.39 is 23.8 Å². The molecule has 1 aliphatic heterocycles. The first-order valence-corrected chi connectivity index (χ1v) is 11.3. The monoisotopic (exact) mass is 478 g/mol. The Morgan fingerprint density at radius 1 is 1.03 bits per heavy atom. The zero-order valence-corrected chi connectivity index (χ0v) is 19.4. The molecule has 8 nitrogen and oxygen atoms in total. The van der Waals surface area contributed by atoms with Crippen LogP contribution in [0.3, 0.4) is 0 Å². The molecule has 0 radical (unpaired) electrons. The lowest BCUT2D eigenvalue weighted by Crippen LogP contribution is -2.45. The number of hydrogen-bond acceptors (Lipinski definition) is 7. The summed E-state index contributed by atoms with van der Waals surface area (Å²) in [4.78, 5) is 54.9. The number of carbonyl (C=O) groups is 4. The van der Waals surface area contributed by atoms with Crippen LogP contribution in [0.25, 0.3) is 0 Å². The van der Waals surface area contributed by atoms with Crippen molar-refractivity contribution in [3.8, 4) is 5.75 Å². The van der Waals surface area contributed by atoms with Crippen LogP contribution in [0.5, 0.6) is 5.75 Å². The number of carbonyl (C=O) groups excluding carboxylic acids is 4. The highest BCUT2D eigenvalue weighted by molar-refractivity contribution is 7.09. The minimum absolute atomic E-state index is 0.140. The summed E-state index contributed by atoms with van der Waals surface area (Å²) in [5, 5.41) is 1.89. The molecule has 174 valence electrons. The molecule has 2 heterocycles. The standard InChI is InChI=1S/C25H22N2O6S/c1-32-19-6-3-5-17(13-19)23(29)26(15-20-7-4-12-34-20)21-14-22(28)27(24(21)30)18-10-8-16(9-11-18)25(31)33-2/h3-13,21H,14-15H2,1-2H3. The van der Waals surface area contributed by atoms with E-state index in [1.807, 2.05) is 17.5 Å². The van der Waals surface area contributed by atoms with Gasteiger partial charge in [0.2, 0.25) is 5.91 Å². The van der Waals surface area contributed by atoms with Gasteiger partial charge in [0.25, 0.3) is 11.8 Å². The second-order valence-electron chi connectivity index (χ2n) is 7.57. The minimum Gasteiger partial charge on any atom is -0.497 e. The Bertz CT molecular complexity index is 1220. The molecule has 1 aliphatic rings. The van der Waals surface area contributed by atoms with Crippen molar-refractivity contribution in [2.24, 2.45) is 0 Å². The van der Waals surface area contributed by atoms with Gasteiger partial charge in [0, 0.05) is 10.4 Å². The highest BCUT2D eigenvalue weighted by atomic mass is 32.1. The highest BCUT2D eigenvalue weighted by Crippen LogP contribution is 2.29. The fourth-order valence-corrected chi connectivity index (χ4v) is 4.51. The summed E-state index contributed by atoms with van der Waals surface area (Å²) in [6.45, 7) is 0.187. The molecule has 9 heteroatoms. The number of hydrogen-bond donors (Lipinski definition) is 0. The number of esters is 1. The molecule has 0 bridgehead atoms. The summed E-state index contributed by atoms with van der Waals surface area (Å²) in [6, 6.07) is 15.5. The van der Waals surface area contributed by atoms with Crippen LogP contribution in [-0.4, -0.2) is 48.9 Å². The van der Waals surface area contributed by atoms with Crippen molar-refractivity contribution in [3.05, 3.63) is 82.0 Å². The van der Waals surface area contributed by atoms with E-state index in [-0.39, 0.29) is 18.9 Å². The van der Waals surface area contributed by atoms with Crippen LogP contribution in [0.4, 0.5) is 5.69 Å². The third-order valence-corrected chi connectivity index (χ3v) is 6.39. The van der Waals surface area contributed by atoms with E-state index in [4.69, 9.17) is 4.74 Å². The van der Waals surface area contributed by atoms with Gasteiger partial charge in [-0.15, -0.1) is 11.3 Å². The van der Waals surface area contributed by atoms with Crippen LogP contribution in [-0.2, 0) is 20.9 Å². The summed E-state index contributed by atoms with van der Waals surface area (Å²) >= 11 is 1.46. The van der Waals surface area contributed by atoms with Crippen LogP contribution in [0.1, 0.15) is 32.0 Å². The van der Waals surface area contributed by atoms with Crippen molar-refractivity contribution in [3.63, 3.8) is 0 Å². The maximum atomic E-state index is 13.5. The van der Waals surface area contributed by atoms with Crippen molar-refractivity contribution in [1.29, 1.82) is 0 Å². The molecule has 0 saturated carbocycles. The third-order valence-electron chi connectivity index (χ3n) is 5.53. The molecule has 4 rings (SSSR count). The van der Waals surface area contributed by atoms with Crippen molar-refractivity contribution in [1.82, 2.24) is 4.90 Å². The molecule has 1 fully saturated rings. The molecule has 34 heavy (non-hydrogen) atoms. The predicted molar refractivity (Wildman–Crippen MR) is 126 cm³/mol. The molecule has 0 N–H and O–H groups in total. The summed E-state index contributed by atoms with van der Waals surface area (Å²) in [6.07, 6.45) is -0.140. The zero-order valence-electron chi connectivity index (χ0n) is 18.6. The highest BCUT2D eigenvalue weighted by Gasteiger charge is 2.44. The molecule has 0 spiro atoms. The summed E-state index contributed by atoms with van der Waals surface area (Å²) < 4.78 is 9.92. The van der Waals surface area contributed by atoms with Crippen LogP contribution in [0.2, 0.25) is 0 Å². The second kappa shape index (κ2) is 9.88. The number of anilines is 1. The number of nitrogens with zero attached hydrogens (tertiary/aromatic N) is 2. The lowest BCUT2D eigenvalue weighted by molar-refractivity contribution is -0.122. The topological polar surface area (TPSA) is 93.2 Å².